The second-order valence-corrected chi connectivity index (χ2v) is 7.65. The van der Waals surface area contributed by atoms with Crippen molar-refractivity contribution >= 4 is 5.97 Å². The standard InChI is InChI=1S/C22H38O4/c1-4-5-8-11-18(23)14-15-19-17(2)16-21(24)20(19)12-9-6-7-10-13-22(25)26-3/h6,9,14-15,17-21,23-24H,4-5,7-8,10-13,16H2,1-3H3/b9-6-,15-14+/t17-,18+,19+,20-,21+/m1/s1. The number of esters is 1. The Morgan fingerprint density at radius 2 is 2.04 bits per heavy atom. The minimum atomic E-state index is -0.374. The average Bonchev–Trinajstić information content (AvgIpc) is 2.89. The van der Waals surface area contributed by atoms with Crippen LogP contribution in [0.25, 0.3) is 0 Å². The highest BCUT2D eigenvalue weighted by Gasteiger charge is 2.37. The molecule has 0 aromatic rings. The van der Waals surface area contributed by atoms with Gasteiger partial charge in [-0.15, -0.1) is 0 Å². The van der Waals surface area contributed by atoms with Gasteiger partial charge in [0.15, 0.2) is 0 Å². The number of aliphatic hydroxyl groups excluding tert-OH is 2. The molecule has 150 valence electrons. The Kier molecular flexibility index (Phi) is 11.5. The fourth-order valence-corrected chi connectivity index (χ4v) is 3.83. The Hall–Kier alpha value is -1.13. The summed E-state index contributed by atoms with van der Waals surface area (Å²) in [6.07, 6.45) is 15.6. The van der Waals surface area contributed by atoms with Gasteiger partial charge in [0.05, 0.1) is 19.3 Å². The van der Waals surface area contributed by atoms with Crippen molar-refractivity contribution in [3.63, 3.8) is 0 Å². The third-order valence-corrected chi connectivity index (χ3v) is 5.47. The first-order chi connectivity index (χ1) is 12.5. The van der Waals surface area contributed by atoms with Gasteiger partial charge < -0.3 is 14.9 Å². The zero-order chi connectivity index (χ0) is 19.4. The van der Waals surface area contributed by atoms with Gasteiger partial charge in [-0.05, 0) is 49.9 Å². The third-order valence-electron chi connectivity index (χ3n) is 5.47. The molecule has 1 fully saturated rings. The van der Waals surface area contributed by atoms with Crippen LogP contribution in [-0.4, -0.2) is 35.5 Å². The van der Waals surface area contributed by atoms with E-state index in [1.54, 1.807) is 0 Å². The lowest BCUT2D eigenvalue weighted by atomic mass is 9.86. The number of hydrogen-bond donors (Lipinski definition) is 2. The molecule has 1 saturated carbocycles. The second-order valence-electron chi connectivity index (χ2n) is 7.65. The van der Waals surface area contributed by atoms with Crippen LogP contribution in [0.1, 0.15) is 71.6 Å². The molecule has 0 spiro atoms. The maximum absolute atomic E-state index is 11.1. The monoisotopic (exact) mass is 366 g/mol. The van der Waals surface area contributed by atoms with Crippen molar-refractivity contribution in [2.45, 2.75) is 83.8 Å². The van der Waals surface area contributed by atoms with Gasteiger partial charge in [-0.25, -0.2) is 0 Å². The third kappa shape index (κ3) is 8.50. The molecule has 0 heterocycles. The van der Waals surface area contributed by atoms with Crippen molar-refractivity contribution < 1.29 is 19.7 Å². The number of aliphatic hydroxyl groups is 2. The zero-order valence-corrected chi connectivity index (χ0v) is 16.8. The van der Waals surface area contributed by atoms with Gasteiger partial charge in [-0.1, -0.05) is 57.4 Å². The average molecular weight is 367 g/mol. The molecule has 1 aliphatic rings. The fraction of sp³-hybridized carbons (Fsp3) is 0.773. The molecular formula is C22H38O4. The zero-order valence-electron chi connectivity index (χ0n) is 16.8. The van der Waals surface area contributed by atoms with E-state index in [1.807, 2.05) is 6.08 Å². The van der Waals surface area contributed by atoms with Crippen molar-refractivity contribution in [1.29, 1.82) is 0 Å². The van der Waals surface area contributed by atoms with Crippen molar-refractivity contribution in [2.24, 2.45) is 17.8 Å². The molecule has 4 heteroatoms. The Balaban J connectivity index is 2.44. The number of carbonyl (C=O) groups is 1. The SMILES string of the molecule is CCCCC[C@H](O)/C=C/[C@@H]1[C@@H](C/C=C\CCCC(=O)OC)[C@@H](O)C[C@H]1C. The lowest BCUT2D eigenvalue weighted by molar-refractivity contribution is -0.140. The molecule has 1 rings (SSSR count). The van der Waals surface area contributed by atoms with Crippen LogP contribution in [0, 0.1) is 17.8 Å². The van der Waals surface area contributed by atoms with E-state index in [0.717, 1.165) is 51.4 Å². The summed E-state index contributed by atoms with van der Waals surface area (Å²) in [6.45, 7) is 4.35. The Morgan fingerprint density at radius 1 is 1.27 bits per heavy atom. The van der Waals surface area contributed by atoms with Crippen LogP contribution in [0.5, 0.6) is 0 Å². The molecule has 5 atom stereocenters. The summed E-state index contributed by atoms with van der Waals surface area (Å²) in [4.78, 5) is 11.1. The molecular weight excluding hydrogens is 328 g/mol. The summed E-state index contributed by atoms with van der Waals surface area (Å²) in [5.41, 5.74) is 0. The topological polar surface area (TPSA) is 66.8 Å². The summed E-state index contributed by atoms with van der Waals surface area (Å²) >= 11 is 0. The normalized spacial score (nSPS) is 27.4. The lowest BCUT2D eigenvalue weighted by Gasteiger charge is -2.20. The van der Waals surface area contributed by atoms with Crippen molar-refractivity contribution in [2.75, 3.05) is 7.11 Å². The quantitative estimate of drug-likeness (QED) is 0.305. The number of hydrogen-bond acceptors (Lipinski definition) is 4. The van der Waals surface area contributed by atoms with E-state index < -0.39 is 0 Å². The summed E-state index contributed by atoms with van der Waals surface area (Å²) < 4.78 is 4.63. The minimum absolute atomic E-state index is 0.166. The summed E-state index contributed by atoms with van der Waals surface area (Å²) in [6, 6.07) is 0. The molecule has 0 amide bonds. The number of methoxy groups -OCH3 is 1. The molecule has 0 aromatic carbocycles. The molecule has 26 heavy (non-hydrogen) atoms. The van der Waals surface area contributed by atoms with Crippen LogP contribution in [-0.2, 0) is 9.53 Å². The minimum Gasteiger partial charge on any atom is -0.469 e. The van der Waals surface area contributed by atoms with Gasteiger partial charge in [0.25, 0.3) is 0 Å². The predicted octanol–water partition coefficient (Wildman–Crippen LogP) is 4.41. The van der Waals surface area contributed by atoms with E-state index in [-0.39, 0.29) is 24.1 Å². The van der Waals surface area contributed by atoms with Crippen LogP contribution in [0.2, 0.25) is 0 Å². The van der Waals surface area contributed by atoms with Crippen LogP contribution in [0.3, 0.4) is 0 Å². The molecule has 0 aliphatic heterocycles. The van der Waals surface area contributed by atoms with E-state index in [4.69, 9.17) is 0 Å². The van der Waals surface area contributed by atoms with Crippen molar-refractivity contribution in [1.82, 2.24) is 0 Å². The van der Waals surface area contributed by atoms with Crippen molar-refractivity contribution in [3.8, 4) is 0 Å². The Morgan fingerprint density at radius 3 is 2.73 bits per heavy atom. The van der Waals surface area contributed by atoms with Gasteiger partial charge in [-0.2, -0.15) is 0 Å². The van der Waals surface area contributed by atoms with E-state index in [1.165, 1.54) is 7.11 Å². The van der Waals surface area contributed by atoms with E-state index in [2.05, 4.69) is 36.8 Å². The highest BCUT2D eigenvalue weighted by Crippen LogP contribution is 2.40. The summed E-state index contributed by atoms with van der Waals surface area (Å²) in [5, 5.41) is 20.5. The van der Waals surface area contributed by atoms with Crippen molar-refractivity contribution in [3.05, 3.63) is 24.3 Å². The molecule has 0 bridgehead atoms. The predicted molar refractivity (Wildman–Crippen MR) is 106 cm³/mol. The number of rotatable bonds is 12. The van der Waals surface area contributed by atoms with Gasteiger partial charge in [0.2, 0.25) is 0 Å². The first kappa shape index (κ1) is 22.9. The molecule has 0 aromatic heterocycles. The first-order valence-electron chi connectivity index (χ1n) is 10.3. The highest BCUT2D eigenvalue weighted by molar-refractivity contribution is 5.69. The number of carbonyl (C=O) groups excluding carboxylic acids is 1. The second kappa shape index (κ2) is 13.1. The van der Waals surface area contributed by atoms with Gasteiger partial charge in [0.1, 0.15) is 0 Å². The fourth-order valence-electron chi connectivity index (χ4n) is 3.83. The molecule has 0 radical (unpaired) electrons. The summed E-state index contributed by atoms with van der Waals surface area (Å²) in [7, 11) is 1.41. The molecule has 1 aliphatic carbocycles. The first-order valence-corrected chi connectivity index (χ1v) is 10.3. The molecule has 4 nitrogen and oxygen atoms in total. The largest absolute Gasteiger partial charge is 0.469 e. The number of allylic oxidation sites excluding steroid dienone is 3. The van der Waals surface area contributed by atoms with Gasteiger partial charge >= 0.3 is 5.97 Å². The molecule has 0 unspecified atom stereocenters. The van der Waals surface area contributed by atoms with Crippen LogP contribution >= 0.6 is 0 Å². The van der Waals surface area contributed by atoms with Gasteiger partial charge in [-0.3, -0.25) is 4.79 Å². The number of unbranched alkanes of at least 4 members (excludes halogenated alkanes) is 3. The lowest BCUT2D eigenvalue weighted by Crippen LogP contribution is -2.18. The van der Waals surface area contributed by atoms with Crippen LogP contribution in [0.15, 0.2) is 24.3 Å². The molecule has 2 N–H and O–H groups in total. The van der Waals surface area contributed by atoms with E-state index in [9.17, 15) is 15.0 Å². The maximum Gasteiger partial charge on any atom is 0.305 e. The van der Waals surface area contributed by atoms with Crippen LogP contribution < -0.4 is 0 Å². The molecule has 0 saturated heterocycles. The summed E-state index contributed by atoms with van der Waals surface area (Å²) in [5.74, 6) is 0.787. The smallest absolute Gasteiger partial charge is 0.305 e. The van der Waals surface area contributed by atoms with Crippen LogP contribution in [0.4, 0.5) is 0 Å². The highest BCUT2D eigenvalue weighted by atomic mass is 16.5. The van der Waals surface area contributed by atoms with Gasteiger partial charge in [0, 0.05) is 6.42 Å². The van der Waals surface area contributed by atoms with E-state index in [0.29, 0.717) is 18.3 Å². The Labute approximate surface area is 159 Å². The maximum atomic E-state index is 11.1. The van der Waals surface area contributed by atoms with E-state index >= 15 is 0 Å². The number of ether oxygens (including phenoxy) is 1. The Bertz CT molecular complexity index is 443.